The SMILES string of the molecule is CCCCC(=O)OCC(=O)Nc1ccc(S(=O)(=O)N2C[C@H](C)C[C@@H](C)C2)cc1. The molecule has 0 bridgehead atoms. The Morgan fingerprint density at radius 2 is 1.75 bits per heavy atom. The molecule has 156 valence electrons. The van der Waals surface area contributed by atoms with Gasteiger partial charge in [-0.2, -0.15) is 4.31 Å². The predicted octanol–water partition coefficient (Wildman–Crippen LogP) is 3.03. The third kappa shape index (κ3) is 6.31. The summed E-state index contributed by atoms with van der Waals surface area (Å²) >= 11 is 0. The van der Waals surface area contributed by atoms with E-state index in [1.165, 1.54) is 16.4 Å². The summed E-state index contributed by atoms with van der Waals surface area (Å²) in [5.74, 6) is -0.197. The summed E-state index contributed by atoms with van der Waals surface area (Å²) in [6.07, 6.45) is 2.93. The Morgan fingerprint density at radius 3 is 2.32 bits per heavy atom. The molecule has 2 rings (SSSR count). The molecule has 1 N–H and O–H groups in total. The zero-order chi connectivity index (χ0) is 20.7. The average molecular weight is 411 g/mol. The third-order valence-electron chi connectivity index (χ3n) is 4.71. The largest absolute Gasteiger partial charge is 0.456 e. The van der Waals surface area contributed by atoms with E-state index < -0.39 is 21.9 Å². The topological polar surface area (TPSA) is 92.8 Å². The first-order valence-electron chi connectivity index (χ1n) is 9.78. The molecule has 0 radical (unpaired) electrons. The molecule has 0 aliphatic carbocycles. The number of piperidine rings is 1. The van der Waals surface area contributed by atoms with Crippen LogP contribution in [0.4, 0.5) is 5.69 Å². The molecule has 1 aromatic carbocycles. The highest BCUT2D eigenvalue weighted by atomic mass is 32.2. The molecule has 0 unspecified atom stereocenters. The zero-order valence-corrected chi connectivity index (χ0v) is 17.6. The van der Waals surface area contributed by atoms with Crippen LogP contribution < -0.4 is 5.32 Å². The van der Waals surface area contributed by atoms with E-state index in [1.807, 2.05) is 6.92 Å². The van der Waals surface area contributed by atoms with Crippen LogP contribution in [0, 0.1) is 11.8 Å². The van der Waals surface area contributed by atoms with E-state index in [-0.39, 0.29) is 11.5 Å². The van der Waals surface area contributed by atoms with Crippen LogP contribution in [0.15, 0.2) is 29.2 Å². The fourth-order valence-electron chi connectivity index (χ4n) is 3.40. The van der Waals surface area contributed by atoms with Crippen molar-refractivity contribution in [1.82, 2.24) is 4.31 Å². The Bertz CT molecular complexity index is 766. The van der Waals surface area contributed by atoms with Gasteiger partial charge in [0.1, 0.15) is 0 Å². The Morgan fingerprint density at radius 1 is 1.14 bits per heavy atom. The quantitative estimate of drug-likeness (QED) is 0.665. The summed E-state index contributed by atoms with van der Waals surface area (Å²) in [5.41, 5.74) is 0.453. The second kappa shape index (κ2) is 10.0. The predicted molar refractivity (Wildman–Crippen MR) is 107 cm³/mol. The molecule has 0 aromatic heterocycles. The molecule has 0 spiro atoms. The molecule has 1 heterocycles. The maximum atomic E-state index is 12.9. The van der Waals surface area contributed by atoms with Crippen LogP contribution in [-0.4, -0.2) is 44.3 Å². The van der Waals surface area contributed by atoms with Gasteiger partial charge in [-0.05, 0) is 48.9 Å². The van der Waals surface area contributed by atoms with Crippen molar-refractivity contribution in [2.75, 3.05) is 25.0 Å². The standard InChI is InChI=1S/C20H30N2O5S/c1-4-5-6-20(24)27-14-19(23)21-17-7-9-18(10-8-17)28(25,26)22-12-15(2)11-16(3)13-22/h7-10,15-16H,4-6,11-14H2,1-3H3,(H,21,23)/t15-,16-/m1/s1. The fourth-order valence-corrected chi connectivity index (χ4v) is 5.08. The maximum absolute atomic E-state index is 12.9. The van der Waals surface area contributed by atoms with Crippen molar-refractivity contribution in [3.63, 3.8) is 0 Å². The highest BCUT2D eigenvalue weighted by Gasteiger charge is 2.31. The van der Waals surface area contributed by atoms with E-state index in [1.54, 1.807) is 12.1 Å². The van der Waals surface area contributed by atoms with Crippen molar-refractivity contribution < 1.29 is 22.7 Å². The number of ether oxygens (including phenoxy) is 1. The van der Waals surface area contributed by atoms with Crippen molar-refractivity contribution in [1.29, 1.82) is 0 Å². The van der Waals surface area contributed by atoms with Crippen LogP contribution in [0.25, 0.3) is 0 Å². The van der Waals surface area contributed by atoms with Crippen molar-refractivity contribution in [2.45, 2.75) is 51.3 Å². The van der Waals surface area contributed by atoms with Crippen LogP contribution in [0.2, 0.25) is 0 Å². The van der Waals surface area contributed by atoms with Gasteiger partial charge in [0.05, 0.1) is 4.90 Å². The number of nitrogens with one attached hydrogen (secondary N) is 1. The number of sulfonamides is 1. The van der Waals surface area contributed by atoms with E-state index in [9.17, 15) is 18.0 Å². The van der Waals surface area contributed by atoms with Gasteiger partial charge in [-0.1, -0.05) is 27.2 Å². The van der Waals surface area contributed by atoms with E-state index >= 15 is 0 Å². The van der Waals surface area contributed by atoms with Crippen molar-refractivity contribution >= 4 is 27.6 Å². The Hall–Kier alpha value is -1.93. The number of anilines is 1. The summed E-state index contributed by atoms with van der Waals surface area (Å²) in [6, 6.07) is 6.06. The lowest BCUT2D eigenvalue weighted by molar-refractivity contribution is -0.147. The first-order chi connectivity index (χ1) is 13.2. The van der Waals surface area contributed by atoms with Crippen LogP contribution in [-0.2, 0) is 24.3 Å². The number of benzene rings is 1. The summed E-state index contributed by atoms with van der Waals surface area (Å²) < 4.78 is 32.2. The molecule has 1 saturated heterocycles. The summed E-state index contributed by atoms with van der Waals surface area (Å²) in [7, 11) is -3.55. The lowest BCUT2D eigenvalue weighted by atomic mass is 9.94. The van der Waals surface area contributed by atoms with Gasteiger partial charge in [0.15, 0.2) is 6.61 Å². The van der Waals surface area contributed by atoms with E-state index in [2.05, 4.69) is 19.2 Å². The Kier molecular flexibility index (Phi) is 8.00. The first kappa shape index (κ1) is 22.4. The van der Waals surface area contributed by atoms with E-state index in [0.29, 0.717) is 37.0 Å². The normalized spacial score (nSPS) is 20.5. The van der Waals surface area contributed by atoms with Gasteiger partial charge in [0, 0.05) is 25.2 Å². The number of hydrogen-bond donors (Lipinski definition) is 1. The molecule has 1 fully saturated rings. The lowest BCUT2D eigenvalue weighted by Crippen LogP contribution is -2.42. The summed E-state index contributed by atoms with van der Waals surface area (Å²) in [4.78, 5) is 23.5. The smallest absolute Gasteiger partial charge is 0.306 e. The molecular weight excluding hydrogens is 380 g/mol. The second-order valence-corrected chi connectivity index (χ2v) is 9.54. The molecule has 1 aliphatic heterocycles. The molecule has 1 aromatic rings. The minimum Gasteiger partial charge on any atom is -0.456 e. The molecule has 8 heteroatoms. The molecule has 2 atom stereocenters. The van der Waals surface area contributed by atoms with Crippen LogP contribution in [0.1, 0.15) is 46.5 Å². The number of nitrogens with zero attached hydrogens (tertiary/aromatic N) is 1. The van der Waals surface area contributed by atoms with Gasteiger partial charge < -0.3 is 10.1 Å². The van der Waals surface area contributed by atoms with Gasteiger partial charge in [-0.15, -0.1) is 0 Å². The van der Waals surface area contributed by atoms with Gasteiger partial charge in [-0.3, -0.25) is 9.59 Å². The van der Waals surface area contributed by atoms with Gasteiger partial charge in [-0.25, -0.2) is 8.42 Å². The monoisotopic (exact) mass is 410 g/mol. The van der Waals surface area contributed by atoms with Crippen molar-refractivity contribution in [3.8, 4) is 0 Å². The molecule has 28 heavy (non-hydrogen) atoms. The average Bonchev–Trinajstić information content (AvgIpc) is 2.64. The van der Waals surface area contributed by atoms with Gasteiger partial charge in [0.25, 0.3) is 5.91 Å². The molecule has 1 aliphatic rings. The maximum Gasteiger partial charge on any atom is 0.306 e. The van der Waals surface area contributed by atoms with E-state index in [4.69, 9.17) is 4.74 Å². The lowest BCUT2D eigenvalue weighted by Gasteiger charge is -2.34. The minimum absolute atomic E-state index is 0.206. The first-order valence-corrected chi connectivity index (χ1v) is 11.2. The molecule has 0 saturated carbocycles. The number of carbonyl (C=O) groups is 2. The fraction of sp³-hybridized carbons (Fsp3) is 0.600. The Labute approximate surface area is 167 Å². The molecular formula is C20H30N2O5S. The van der Waals surface area contributed by atoms with Gasteiger partial charge >= 0.3 is 5.97 Å². The number of amides is 1. The Balaban J connectivity index is 1.93. The number of hydrogen-bond acceptors (Lipinski definition) is 5. The van der Waals surface area contributed by atoms with Crippen LogP contribution in [0.5, 0.6) is 0 Å². The zero-order valence-electron chi connectivity index (χ0n) is 16.8. The highest BCUT2D eigenvalue weighted by molar-refractivity contribution is 7.89. The van der Waals surface area contributed by atoms with E-state index in [0.717, 1.165) is 19.3 Å². The number of esters is 1. The summed E-state index contributed by atoms with van der Waals surface area (Å²) in [5, 5.41) is 2.60. The van der Waals surface area contributed by atoms with Crippen LogP contribution in [0.3, 0.4) is 0 Å². The molecule has 7 nitrogen and oxygen atoms in total. The molecule has 1 amide bonds. The van der Waals surface area contributed by atoms with Gasteiger partial charge in [0.2, 0.25) is 10.0 Å². The van der Waals surface area contributed by atoms with Crippen molar-refractivity contribution in [3.05, 3.63) is 24.3 Å². The third-order valence-corrected chi connectivity index (χ3v) is 6.56. The number of rotatable bonds is 8. The number of carbonyl (C=O) groups excluding carboxylic acids is 2. The second-order valence-electron chi connectivity index (χ2n) is 7.60. The highest BCUT2D eigenvalue weighted by Crippen LogP contribution is 2.27. The van der Waals surface area contributed by atoms with Crippen molar-refractivity contribution in [2.24, 2.45) is 11.8 Å². The number of unbranched alkanes of at least 4 members (excludes halogenated alkanes) is 1. The minimum atomic E-state index is -3.55. The van der Waals surface area contributed by atoms with Crippen LogP contribution >= 0.6 is 0 Å². The summed E-state index contributed by atoms with van der Waals surface area (Å²) in [6.45, 7) is 6.78.